The second kappa shape index (κ2) is 8.35. The number of hydrogen-bond acceptors (Lipinski definition) is 7. The maximum absolute atomic E-state index is 12.0. The summed E-state index contributed by atoms with van der Waals surface area (Å²) in [7, 11) is 0. The minimum atomic E-state index is -1.15. The van der Waals surface area contributed by atoms with E-state index in [0.29, 0.717) is 5.69 Å². The van der Waals surface area contributed by atoms with Gasteiger partial charge in [-0.25, -0.2) is 4.98 Å². The molecule has 2 atom stereocenters. The number of aromatic nitrogens is 1. The predicted octanol–water partition coefficient (Wildman–Crippen LogP) is 0.672. The van der Waals surface area contributed by atoms with E-state index in [4.69, 9.17) is 15.2 Å². The number of thiazole rings is 1. The minimum Gasteiger partial charge on any atom is -0.465 e. The first-order valence-electron chi connectivity index (χ1n) is 6.53. The number of nitrogens with zero attached hydrogens (tertiary/aromatic N) is 1. The van der Waals surface area contributed by atoms with Crippen molar-refractivity contribution in [3.8, 4) is 0 Å². The quantitative estimate of drug-likeness (QED) is 0.558. The van der Waals surface area contributed by atoms with Gasteiger partial charge in [0.2, 0.25) is 0 Å². The van der Waals surface area contributed by atoms with Gasteiger partial charge in [-0.3, -0.25) is 14.4 Å². The van der Waals surface area contributed by atoms with Crippen molar-refractivity contribution in [2.24, 2.45) is 11.7 Å². The molecule has 0 spiro atoms. The number of primary amides is 1. The van der Waals surface area contributed by atoms with E-state index in [2.05, 4.69) is 4.98 Å². The third-order valence-electron chi connectivity index (χ3n) is 2.72. The Morgan fingerprint density at radius 3 is 2.52 bits per heavy atom. The topological polar surface area (TPSA) is 109 Å². The number of rotatable bonds is 8. The van der Waals surface area contributed by atoms with E-state index in [1.165, 1.54) is 11.3 Å². The summed E-state index contributed by atoms with van der Waals surface area (Å²) in [5.41, 5.74) is 7.42. The predicted molar refractivity (Wildman–Crippen MR) is 75.3 cm³/mol. The fourth-order valence-corrected chi connectivity index (χ4v) is 2.19. The molecule has 1 aromatic rings. The van der Waals surface area contributed by atoms with Crippen molar-refractivity contribution in [1.29, 1.82) is 0 Å². The molecule has 0 saturated heterocycles. The van der Waals surface area contributed by atoms with Crippen molar-refractivity contribution < 1.29 is 23.9 Å². The molecule has 0 aliphatic rings. The van der Waals surface area contributed by atoms with E-state index in [1.54, 1.807) is 24.7 Å². The molecule has 21 heavy (non-hydrogen) atoms. The summed E-state index contributed by atoms with van der Waals surface area (Å²) in [5, 5.41) is 1.73. The molecule has 1 amide bonds. The Bertz CT molecular complexity index is 489. The van der Waals surface area contributed by atoms with E-state index in [1.807, 2.05) is 0 Å². The summed E-state index contributed by atoms with van der Waals surface area (Å²) in [5.74, 6) is -3.31. The van der Waals surface area contributed by atoms with Crippen molar-refractivity contribution in [2.75, 3.05) is 6.61 Å². The molecule has 0 saturated carbocycles. The van der Waals surface area contributed by atoms with E-state index in [9.17, 15) is 14.4 Å². The standard InChI is InChI=1S/C13H18N2O5S/c1-3-9(12(17)19-4-2)13(18)20-10(11(14)16)5-8-6-21-7-15-8/h6-7,9-10H,3-5H2,1-2H3,(H2,14,16). The van der Waals surface area contributed by atoms with Crippen molar-refractivity contribution in [1.82, 2.24) is 4.98 Å². The van der Waals surface area contributed by atoms with Crippen LogP contribution in [0.3, 0.4) is 0 Å². The molecule has 2 unspecified atom stereocenters. The minimum absolute atomic E-state index is 0.0871. The zero-order chi connectivity index (χ0) is 15.8. The average Bonchev–Trinajstić information content (AvgIpc) is 2.92. The van der Waals surface area contributed by atoms with Gasteiger partial charge >= 0.3 is 11.9 Å². The molecular formula is C13H18N2O5S. The number of ether oxygens (including phenoxy) is 2. The number of carbonyl (C=O) groups excluding carboxylic acids is 3. The Labute approximate surface area is 126 Å². The molecule has 7 nitrogen and oxygen atoms in total. The van der Waals surface area contributed by atoms with E-state index in [-0.39, 0.29) is 19.4 Å². The van der Waals surface area contributed by atoms with Crippen molar-refractivity contribution in [2.45, 2.75) is 32.8 Å². The maximum atomic E-state index is 12.0. The largest absolute Gasteiger partial charge is 0.465 e. The van der Waals surface area contributed by atoms with Crippen LogP contribution in [0.1, 0.15) is 26.0 Å². The summed E-state index contributed by atoms with van der Waals surface area (Å²) in [6.07, 6.45) is -0.841. The molecule has 0 aliphatic carbocycles. The fourth-order valence-electron chi connectivity index (χ4n) is 1.62. The van der Waals surface area contributed by atoms with E-state index < -0.39 is 29.9 Å². The van der Waals surface area contributed by atoms with E-state index >= 15 is 0 Å². The summed E-state index contributed by atoms with van der Waals surface area (Å²) in [6, 6.07) is 0. The Hall–Kier alpha value is -1.96. The monoisotopic (exact) mass is 314 g/mol. The Kier molecular flexibility index (Phi) is 6.80. The third kappa shape index (κ3) is 5.14. The molecule has 1 heterocycles. The molecule has 0 radical (unpaired) electrons. The van der Waals surface area contributed by atoms with Crippen LogP contribution in [0, 0.1) is 5.92 Å². The normalized spacial score (nSPS) is 13.2. The van der Waals surface area contributed by atoms with Crippen molar-refractivity contribution in [3.05, 3.63) is 16.6 Å². The van der Waals surface area contributed by atoms with Gasteiger partial charge in [0.25, 0.3) is 5.91 Å². The highest BCUT2D eigenvalue weighted by Gasteiger charge is 2.31. The molecule has 8 heteroatoms. The molecule has 116 valence electrons. The van der Waals surface area contributed by atoms with Gasteiger partial charge in [-0.15, -0.1) is 11.3 Å². The SMILES string of the molecule is CCOC(=O)C(CC)C(=O)OC(Cc1cscn1)C(N)=O. The highest BCUT2D eigenvalue weighted by molar-refractivity contribution is 7.07. The first kappa shape index (κ1) is 17.1. The highest BCUT2D eigenvalue weighted by Crippen LogP contribution is 2.13. The molecule has 1 aromatic heterocycles. The Morgan fingerprint density at radius 1 is 1.33 bits per heavy atom. The van der Waals surface area contributed by atoms with Crippen LogP contribution in [0.2, 0.25) is 0 Å². The smallest absolute Gasteiger partial charge is 0.321 e. The van der Waals surface area contributed by atoms with Crippen LogP contribution in [0.15, 0.2) is 10.9 Å². The average molecular weight is 314 g/mol. The first-order valence-corrected chi connectivity index (χ1v) is 7.47. The van der Waals surface area contributed by atoms with Gasteiger partial charge in [-0.2, -0.15) is 0 Å². The lowest BCUT2D eigenvalue weighted by Gasteiger charge is -2.17. The lowest BCUT2D eigenvalue weighted by atomic mass is 10.1. The second-order valence-corrected chi connectivity index (χ2v) is 4.94. The van der Waals surface area contributed by atoms with Gasteiger partial charge in [0.1, 0.15) is 0 Å². The van der Waals surface area contributed by atoms with E-state index in [0.717, 1.165) is 0 Å². The molecule has 1 rings (SSSR count). The fraction of sp³-hybridized carbons (Fsp3) is 0.538. The van der Waals surface area contributed by atoms with Gasteiger partial charge in [-0.05, 0) is 13.3 Å². The van der Waals surface area contributed by atoms with Crippen molar-refractivity contribution in [3.63, 3.8) is 0 Å². The van der Waals surface area contributed by atoms with Crippen LogP contribution in [-0.4, -0.2) is 35.5 Å². The van der Waals surface area contributed by atoms with Gasteiger partial charge < -0.3 is 15.2 Å². The zero-order valence-electron chi connectivity index (χ0n) is 11.9. The Morgan fingerprint density at radius 2 is 2.05 bits per heavy atom. The van der Waals surface area contributed by atoms with Gasteiger partial charge in [0.15, 0.2) is 12.0 Å². The first-order chi connectivity index (χ1) is 9.99. The van der Waals surface area contributed by atoms with Crippen LogP contribution in [0.25, 0.3) is 0 Å². The van der Waals surface area contributed by atoms with Gasteiger partial charge in [0.05, 0.1) is 17.8 Å². The molecule has 0 fully saturated rings. The van der Waals surface area contributed by atoms with Gasteiger partial charge in [-0.1, -0.05) is 6.92 Å². The zero-order valence-corrected chi connectivity index (χ0v) is 12.7. The van der Waals surface area contributed by atoms with Crippen LogP contribution in [0.4, 0.5) is 0 Å². The number of carbonyl (C=O) groups is 3. The summed E-state index contributed by atoms with van der Waals surface area (Å²) in [4.78, 5) is 39.0. The lowest BCUT2D eigenvalue weighted by Crippen LogP contribution is -2.38. The number of esters is 2. The molecule has 0 aliphatic heterocycles. The molecule has 0 aromatic carbocycles. The van der Waals surface area contributed by atoms with Crippen LogP contribution in [0.5, 0.6) is 0 Å². The Balaban J connectivity index is 2.71. The number of amides is 1. The van der Waals surface area contributed by atoms with Crippen LogP contribution in [-0.2, 0) is 30.3 Å². The molecular weight excluding hydrogens is 296 g/mol. The maximum Gasteiger partial charge on any atom is 0.321 e. The molecule has 0 bridgehead atoms. The molecule has 2 N–H and O–H groups in total. The lowest BCUT2D eigenvalue weighted by molar-refractivity contribution is -0.167. The van der Waals surface area contributed by atoms with Crippen LogP contribution >= 0.6 is 11.3 Å². The highest BCUT2D eigenvalue weighted by atomic mass is 32.1. The summed E-state index contributed by atoms with van der Waals surface area (Å²) in [6.45, 7) is 3.47. The van der Waals surface area contributed by atoms with Gasteiger partial charge in [0, 0.05) is 11.8 Å². The second-order valence-electron chi connectivity index (χ2n) is 4.22. The number of hydrogen-bond donors (Lipinski definition) is 1. The van der Waals surface area contributed by atoms with Crippen molar-refractivity contribution >= 4 is 29.2 Å². The summed E-state index contributed by atoms with van der Waals surface area (Å²) >= 11 is 1.36. The third-order valence-corrected chi connectivity index (χ3v) is 3.35. The number of nitrogens with two attached hydrogens (primary N) is 1. The summed E-state index contributed by atoms with van der Waals surface area (Å²) < 4.78 is 9.85. The van der Waals surface area contributed by atoms with Crippen LogP contribution < -0.4 is 5.73 Å².